The lowest BCUT2D eigenvalue weighted by Gasteiger charge is -2.21. The molecule has 0 aliphatic carbocycles. The van der Waals surface area contributed by atoms with Crippen LogP contribution in [0.15, 0.2) is 54.6 Å². The van der Waals surface area contributed by atoms with Crippen LogP contribution in [0.4, 0.5) is 4.39 Å². The first-order valence-electron chi connectivity index (χ1n) is 7.97. The van der Waals surface area contributed by atoms with Crippen molar-refractivity contribution < 1.29 is 9.18 Å². The van der Waals surface area contributed by atoms with Gasteiger partial charge in [-0.15, -0.1) is 0 Å². The summed E-state index contributed by atoms with van der Waals surface area (Å²) in [6.45, 7) is 1.28. The SMILES string of the molecule is N[C@H](c1ccccc1F)C1CC(=O)N(CCc2ccccc2)C1. The van der Waals surface area contributed by atoms with Crippen LogP contribution in [-0.2, 0) is 11.2 Å². The Labute approximate surface area is 135 Å². The fourth-order valence-electron chi connectivity index (χ4n) is 3.17. The third-order valence-electron chi connectivity index (χ3n) is 4.53. The van der Waals surface area contributed by atoms with Gasteiger partial charge >= 0.3 is 0 Å². The molecule has 120 valence electrons. The van der Waals surface area contributed by atoms with Gasteiger partial charge in [0.2, 0.25) is 5.91 Å². The van der Waals surface area contributed by atoms with Gasteiger partial charge in [-0.25, -0.2) is 4.39 Å². The normalized spacial score (nSPS) is 19.1. The van der Waals surface area contributed by atoms with Crippen molar-refractivity contribution in [3.63, 3.8) is 0 Å². The summed E-state index contributed by atoms with van der Waals surface area (Å²) in [4.78, 5) is 14.0. The lowest BCUT2D eigenvalue weighted by molar-refractivity contribution is -0.127. The minimum atomic E-state index is -0.443. The van der Waals surface area contributed by atoms with Crippen molar-refractivity contribution in [2.75, 3.05) is 13.1 Å². The van der Waals surface area contributed by atoms with E-state index >= 15 is 0 Å². The van der Waals surface area contributed by atoms with Crippen LogP contribution < -0.4 is 5.73 Å². The monoisotopic (exact) mass is 312 g/mol. The molecule has 3 rings (SSSR count). The molecule has 1 unspecified atom stereocenters. The van der Waals surface area contributed by atoms with Gasteiger partial charge in [0.15, 0.2) is 0 Å². The van der Waals surface area contributed by atoms with Gasteiger partial charge in [0, 0.05) is 37.0 Å². The molecule has 0 aromatic heterocycles. The molecule has 1 aliphatic rings. The molecule has 23 heavy (non-hydrogen) atoms. The summed E-state index contributed by atoms with van der Waals surface area (Å²) >= 11 is 0. The van der Waals surface area contributed by atoms with E-state index in [1.165, 1.54) is 11.6 Å². The zero-order valence-electron chi connectivity index (χ0n) is 13.0. The number of carbonyl (C=O) groups is 1. The number of benzene rings is 2. The number of likely N-dealkylation sites (tertiary alicyclic amines) is 1. The van der Waals surface area contributed by atoms with Crippen LogP contribution in [0.1, 0.15) is 23.6 Å². The summed E-state index contributed by atoms with van der Waals surface area (Å²) in [5, 5.41) is 0. The number of hydrogen-bond donors (Lipinski definition) is 1. The summed E-state index contributed by atoms with van der Waals surface area (Å²) in [6, 6.07) is 16.2. The smallest absolute Gasteiger partial charge is 0.223 e. The van der Waals surface area contributed by atoms with Crippen LogP contribution in [0.25, 0.3) is 0 Å². The van der Waals surface area contributed by atoms with Gasteiger partial charge in [0.05, 0.1) is 0 Å². The number of carbonyl (C=O) groups excluding carboxylic acids is 1. The number of rotatable bonds is 5. The summed E-state index contributed by atoms with van der Waals surface area (Å²) in [7, 11) is 0. The second-order valence-electron chi connectivity index (χ2n) is 6.09. The van der Waals surface area contributed by atoms with Gasteiger partial charge < -0.3 is 10.6 Å². The van der Waals surface area contributed by atoms with Crippen molar-refractivity contribution in [2.45, 2.75) is 18.9 Å². The van der Waals surface area contributed by atoms with Crippen molar-refractivity contribution >= 4 is 5.91 Å². The lowest BCUT2D eigenvalue weighted by Crippen LogP contribution is -2.29. The maximum absolute atomic E-state index is 13.9. The fraction of sp³-hybridized carbons (Fsp3) is 0.316. The Morgan fingerprint density at radius 3 is 2.57 bits per heavy atom. The Morgan fingerprint density at radius 1 is 1.13 bits per heavy atom. The van der Waals surface area contributed by atoms with E-state index in [2.05, 4.69) is 12.1 Å². The Balaban J connectivity index is 1.62. The highest BCUT2D eigenvalue weighted by Crippen LogP contribution is 2.30. The van der Waals surface area contributed by atoms with Gasteiger partial charge in [-0.05, 0) is 18.1 Å². The van der Waals surface area contributed by atoms with Crippen molar-refractivity contribution in [2.24, 2.45) is 11.7 Å². The molecule has 2 N–H and O–H groups in total. The number of nitrogens with two attached hydrogens (primary N) is 1. The van der Waals surface area contributed by atoms with Crippen LogP contribution in [-0.4, -0.2) is 23.9 Å². The van der Waals surface area contributed by atoms with Crippen LogP contribution in [0.5, 0.6) is 0 Å². The molecule has 1 fully saturated rings. The average Bonchev–Trinajstić information content (AvgIpc) is 2.95. The molecule has 1 saturated heterocycles. The minimum absolute atomic E-state index is 0.0322. The Morgan fingerprint density at radius 2 is 1.83 bits per heavy atom. The van der Waals surface area contributed by atoms with E-state index in [-0.39, 0.29) is 17.6 Å². The van der Waals surface area contributed by atoms with Gasteiger partial charge in [-0.1, -0.05) is 48.5 Å². The third-order valence-corrected chi connectivity index (χ3v) is 4.53. The first-order chi connectivity index (χ1) is 11.1. The topological polar surface area (TPSA) is 46.3 Å². The van der Waals surface area contributed by atoms with Crippen LogP contribution in [0.2, 0.25) is 0 Å². The predicted octanol–water partition coefficient (Wildman–Crippen LogP) is 2.92. The summed E-state index contributed by atoms with van der Waals surface area (Å²) in [5.74, 6) is -0.219. The zero-order chi connectivity index (χ0) is 16.2. The van der Waals surface area contributed by atoms with Crippen LogP contribution in [0, 0.1) is 11.7 Å². The number of nitrogens with zero attached hydrogens (tertiary/aromatic N) is 1. The van der Waals surface area contributed by atoms with E-state index in [0.717, 1.165) is 6.42 Å². The molecule has 2 aromatic rings. The zero-order valence-corrected chi connectivity index (χ0v) is 13.0. The summed E-state index contributed by atoms with van der Waals surface area (Å²) < 4.78 is 13.9. The minimum Gasteiger partial charge on any atom is -0.342 e. The average molecular weight is 312 g/mol. The predicted molar refractivity (Wildman–Crippen MR) is 88.2 cm³/mol. The third kappa shape index (κ3) is 3.59. The number of hydrogen-bond acceptors (Lipinski definition) is 2. The van der Waals surface area contributed by atoms with Gasteiger partial charge in [0.25, 0.3) is 0 Å². The Bertz CT molecular complexity index is 674. The van der Waals surface area contributed by atoms with Gasteiger partial charge in [-0.3, -0.25) is 4.79 Å². The molecule has 1 amide bonds. The van der Waals surface area contributed by atoms with E-state index in [1.54, 1.807) is 18.2 Å². The summed E-state index contributed by atoms with van der Waals surface area (Å²) in [5.41, 5.74) is 7.92. The van der Waals surface area contributed by atoms with Gasteiger partial charge in [-0.2, -0.15) is 0 Å². The summed E-state index contributed by atoms with van der Waals surface area (Å²) in [6.07, 6.45) is 1.22. The quantitative estimate of drug-likeness (QED) is 0.923. The molecular formula is C19H21FN2O. The van der Waals surface area contributed by atoms with E-state index in [0.29, 0.717) is 25.1 Å². The van der Waals surface area contributed by atoms with Crippen molar-refractivity contribution in [1.29, 1.82) is 0 Å². The molecule has 0 saturated carbocycles. The van der Waals surface area contributed by atoms with E-state index < -0.39 is 6.04 Å². The van der Waals surface area contributed by atoms with Crippen molar-refractivity contribution in [3.05, 3.63) is 71.5 Å². The van der Waals surface area contributed by atoms with E-state index in [4.69, 9.17) is 5.73 Å². The molecule has 0 spiro atoms. The maximum Gasteiger partial charge on any atom is 0.223 e. The molecule has 0 bridgehead atoms. The molecule has 3 nitrogen and oxygen atoms in total. The highest BCUT2D eigenvalue weighted by molar-refractivity contribution is 5.78. The number of amides is 1. The highest BCUT2D eigenvalue weighted by Gasteiger charge is 2.34. The molecule has 2 aromatic carbocycles. The first-order valence-corrected chi connectivity index (χ1v) is 7.97. The van der Waals surface area contributed by atoms with Crippen LogP contribution >= 0.6 is 0 Å². The van der Waals surface area contributed by atoms with E-state index in [1.807, 2.05) is 23.1 Å². The first kappa shape index (κ1) is 15.7. The second kappa shape index (κ2) is 6.92. The fourth-order valence-corrected chi connectivity index (χ4v) is 3.17. The highest BCUT2D eigenvalue weighted by atomic mass is 19.1. The molecule has 4 heteroatoms. The van der Waals surface area contributed by atoms with E-state index in [9.17, 15) is 9.18 Å². The van der Waals surface area contributed by atoms with Gasteiger partial charge in [0.1, 0.15) is 5.82 Å². The Hall–Kier alpha value is -2.20. The Kier molecular flexibility index (Phi) is 4.72. The van der Waals surface area contributed by atoms with Crippen molar-refractivity contribution in [1.82, 2.24) is 4.90 Å². The molecular weight excluding hydrogens is 291 g/mol. The molecule has 1 heterocycles. The van der Waals surface area contributed by atoms with Crippen LogP contribution in [0.3, 0.4) is 0 Å². The molecule has 1 aliphatic heterocycles. The standard InChI is InChI=1S/C19H21FN2O/c20-17-9-5-4-8-16(17)19(21)15-12-18(23)22(13-15)11-10-14-6-2-1-3-7-14/h1-9,15,19H,10-13,21H2/t15?,19-/m0/s1. The number of halogens is 1. The molecule has 0 radical (unpaired) electrons. The maximum atomic E-state index is 13.9. The molecule has 2 atom stereocenters. The lowest BCUT2D eigenvalue weighted by atomic mass is 9.92. The largest absolute Gasteiger partial charge is 0.342 e. The van der Waals surface area contributed by atoms with Crippen molar-refractivity contribution in [3.8, 4) is 0 Å². The second-order valence-corrected chi connectivity index (χ2v) is 6.09.